The number of benzene rings is 1. The van der Waals surface area contributed by atoms with Crippen LogP contribution in [-0.2, 0) is 5.54 Å². The Bertz CT molecular complexity index is 420. The zero-order valence-corrected chi connectivity index (χ0v) is 11.7. The second-order valence-corrected chi connectivity index (χ2v) is 5.75. The smallest absolute Gasteiger partial charge is 0.127 e. The fourth-order valence-corrected chi connectivity index (χ4v) is 3.12. The van der Waals surface area contributed by atoms with Crippen molar-refractivity contribution in [3.63, 3.8) is 0 Å². The molecule has 0 aliphatic heterocycles. The number of ether oxygens (including phenoxy) is 2. The molecule has 0 heterocycles. The minimum atomic E-state index is -0.384. The molecule has 2 N–H and O–H groups in total. The Morgan fingerprint density at radius 1 is 1.06 bits per heavy atom. The zero-order chi connectivity index (χ0) is 13.4. The first kappa shape index (κ1) is 13.2. The lowest BCUT2D eigenvalue weighted by molar-refractivity contribution is 0.198. The molecule has 0 amide bonds. The average molecular weight is 249 g/mol. The zero-order valence-electron chi connectivity index (χ0n) is 11.7. The number of hydrogen-bond donors (Lipinski definition) is 1. The maximum Gasteiger partial charge on any atom is 0.127 e. The van der Waals surface area contributed by atoms with Gasteiger partial charge in [0.25, 0.3) is 0 Å². The fraction of sp³-hybridized carbons (Fsp3) is 0.600. The first-order valence-corrected chi connectivity index (χ1v) is 6.46. The van der Waals surface area contributed by atoms with Gasteiger partial charge in [0.05, 0.1) is 25.3 Å². The van der Waals surface area contributed by atoms with Crippen molar-refractivity contribution in [2.45, 2.75) is 38.6 Å². The van der Waals surface area contributed by atoms with Crippen LogP contribution in [0.25, 0.3) is 0 Å². The highest BCUT2D eigenvalue weighted by Crippen LogP contribution is 2.54. The van der Waals surface area contributed by atoms with E-state index >= 15 is 0 Å². The van der Waals surface area contributed by atoms with Crippen molar-refractivity contribution in [1.82, 2.24) is 0 Å². The van der Waals surface area contributed by atoms with Gasteiger partial charge in [-0.1, -0.05) is 26.3 Å². The van der Waals surface area contributed by atoms with Crippen LogP contribution in [-0.4, -0.2) is 14.2 Å². The maximum absolute atomic E-state index is 6.75. The van der Waals surface area contributed by atoms with Gasteiger partial charge in [-0.15, -0.1) is 0 Å². The van der Waals surface area contributed by atoms with Crippen molar-refractivity contribution in [3.8, 4) is 11.5 Å². The Hall–Kier alpha value is -1.22. The summed E-state index contributed by atoms with van der Waals surface area (Å²) < 4.78 is 11.0. The van der Waals surface area contributed by atoms with Crippen LogP contribution in [0.5, 0.6) is 11.5 Å². The molecule has 1 atom stereocenters. The van der Waals surface area contributed by atoms with Crippen LogP contribution in [0.15, 0.2) is 18.2 Å². The molecule has 0 spiro atoms. The molecular weight excluding hydrogens is 226 g/mol. The molecule has 1 saturated carbocycles. The molecular formula is C15H23NO2. The third-order valence-corrected chi connectivity index (χ3v) is 4.45. The minimum Gasteiger partial charge on any atom is -0.496 e. The molecule has 3 nitrogen and oxygen atoms in total. The lowest BCUT2D eigenvalue weighted by Gasteiger charge is -2.40. The summed E-state index contributed by atoms with van der Waals surface area (Å²) in [7, 11) is 3.37. The molecule has 3 heteroatoms. The number of hydrogen-bond acceptors (Lipinski definition) is 3. The molecule has 100 valence electrons. The number of nitrogens with two attached hydrogens (primary N) is 1. The monoisotopic (exact) mass is 249 g/mol. The Balaban J connectivity index is 2.62. The van der Waals surface area contributed by atoms with Gasteiger partial charge < -0.3 is 15.2 Å². The minimum absolute atomic E-state index is 0.0505. The second kappa shape index (κ2) is 4.47. The van der Waals surface area contributed by atoms with Gasteiger partial charge in [0, 0.05) is 0 Å². The van der Waals surface area contributed by atoms with Crippen molar-refractivity contribution in [3.05, 3.63) is 23.8 Å². The highest BCUT2D eigenvalue weighted by atomic mass is 16.5. The lowest BCUT2D eigenvalue weighted by atomic mass is 9.71. The third-order valence-electron chi connectivity index (χ3n) is 4.45. The van der Waals surface area contributed by atoms with Gasteiger partial charge in [-0.25, -0.2) is 0 Å². The Labute approximate surface area is 109 Å². The number of methoxy groups -OCH3 is 2. The summed E-state index contributed by atoms with van der Waals surface area (Å²) in [5.74, 6) is 1.65. The quantitative estimate of drug-likeness (QED) is 0.895. The van der Waals surface area contributed by atoms with Gasteiger partial charge in [-0.2, -0.15) is 0 Å². The fourth-order valence-electron chi connectivity index (χ4n) is 3.12. The van der Waals surface area contributed by atoms with Gasteiger partial charge in [-0.3, -0.25) is 0 Å². The van der Waals surface area contributed by atoms with Gasteiger partial charge in [0.2, 0.25) is 0 Å². The van der Waals surface area contributed by atoms with Crippen LogP contribution in [0, 0.1) is 5.41 Å². The summed E-state index contributed by atoms with van der Waals surface area (Å²) >= 11 is 0. The van der Waals surface area contributed by atoms with Gasteiger partial charge in [0.15, 0.2) is 0 Å². The summed E-state index contributed by atoms with van der Waals surface area (Å²) in [4.78, 5) is 0. The molecule has 18 heavy (non-hydrogen) atoms. The van der Waals surface area contributed by atoms with Crippen LogP contribution < -0.4 is 15.2 Å². The SMILES string of the molecule is COc1cccc(OC)c1C1(N)CCCC1(C)C. The third kappa shape index (κ3) is 1.77. The van der Waals surface area contributed by atoms with Crippen LogP contribution >= 0.6 is 0 Å². The molecule has 1 fully saturated rings. The summed E-state index contributed by atoms with van der Waals surface area (Å²) in [6.07, 6.45) is 3.24. The van der Waals surface area contributed by atoms with E-state index < -0.39 is 0 Å². The van der Waals surface area contributed by atoms with Gasteiger partial charge >= 0.3 is 0 Å². The van der Waals surface area contributed by atoms with Crippen molar-refractivity contribution < 1.29 is 9.47 Å². The maximum atomic E-state index is 6.75. The van der Waals surface area contributed by atoms with Crippen molar-refractivity contribution >= 4 is 0 Å². The summed E-state index contributed by atoms with van der Waals surface area (Å²) in [5.41, 5.74) is 7.43. The molecule has 0 bridgehead atoms. The van der Waals surface area contributed by atoms with E-state index in [-0.39, 0.29) is 11.0 Å². The molecule has 0 saturated heterocycles. The van der Waals surface area contributed by atoms with E-state index in [1.54, 1.807) is 14.2 Å². The average Bonchev–Trinajstić information content (AvgIpc) is 2.63. The van der Waals surface area contributed by atoms with Crippen molar-refractivity contribution in [1.29, 1.82) is 0 Å². The lowest BCUT2D eigenvalue weighted by Crippen LogP contribution is -2.46. The van der Waals surface area contributed by atoms with Crippen molar-refractivity contribution in [2.24, 2.45) is 11.1 Å². The molecule has 1 aliphatic carbocycles. The van der Waals surface area contributed by atoms with E-state index in [0.717, 1.165) is 36.3 Å². The van der Waals surface area contributed by atoms with Crippen LogP contribution in [0.1, 0.15) is 38.7 Å². The molecule has 1 aliphatic rings. The molecule has 2 rings (SSSR count). The molecule has 1 aromatic carbocycles. The standard InChI is InChI=1S/C15H23NO2/c1-14(2)9-6-10-15(14,16)13-11(17-3)7-5-8-12(13)18-4/h5,7-8H,6,9-10,16H2,1-4H3. The predicted octanol–water partition coefficient (Wildman–Crippen LogP) is 3.07. The van der Waals surface area contributed by atoms with E-state index in [4.69, 9.17) is 15.2 Å². The normalized spacial score (nSPS) is 26.1. The van der Waals surface area contributed by atoms with Crippen LogP contribution in [0.3, 0.4) is 0 Å². The van der Waals surface area contributed by atoms with Crippen LogP contribution in [0.2, 0.25) is 0 Å². The van der Waals surface area contributed by atoms with Crippen molar-refractivity contribution in [2.75, 3.05) is 14.2 Å². The van der Waals surface area contributed by atoms with E-state index in [1.807, 2.05) is 18.2 Å². The second-order valence-electron chi connectivity index (χ2n) is 5.75. The van der Waals surface area contributed by atoms with Crippen LogP contribution in [0.4, 0.5) is 0 Å². The van der Waals surface area contributed by atoms with E-state index in [1.165, 1.54) is 0 Å². The molecule has 0 aromatic heterocycles. The van der Waals surface area contributed by atoms with E-state index in [9.17, 15) is 0 Å². The summed E-state index contributed by atoms with van der Waals surface area (Å²) in [5, 5.41) is 0. The highest BCUT2D eigenvalue weighted by Gasteiger charge is 2.49. The Morgan fingerprint density at radius 2 is 1.61 bits per heavy atom. The first-order chi connectivity index (χ1) is 8.46. The van der Waals surface area contributed by atoms with Gasteiger partial charge in [0.1, 0.15) is 11.5 Å². The number of rotatable bonds is 3. The topological polar surface area (TPSA) is 44.5 Å². The molecule has 1 aromatic rings. The molecule has 1 unspecified atom stereocenters. The highest BCUT2D eigenvalue weighted by molar-refractivity contribution is 5.51. The molecule has 0 radical (unpaired) electrons. The summed E-state index contributed by atoms with van der Waals surface area (Å²) in [6.45, 7) is 4.46. The predicted molar refractivity (Wildman–Crippen MR) is 73.0 cm³/mol. The first-order valence-electron chi connectivity index (χ1n) is 6.46. The van der Waals surface area contributed by atoms with E-state index in [2.05, 4.69) is 13.8 Å². The largest absolute Gasteiger partial charge is 0.496 e. The Kier molecular flexibility index (Phi) is 3.28. The Morgan fingerprint density at radius 3 is 2.00 bits per heavy atom. The van der Waals surface area contributed by atoms with E-state index in [0.29, 0.717) is 0 Å². The summed E-state index contributed by atoms with van der Waals surface area (Å²) in [6, 6.07) is 5.86. The van der Waals surface area contributed by atoms with Gasteiger partial charge in [-0.05, 0) is 30.4 Å².